The summed E-state index contributed by atoms with van der Waals surface area (Å²) in [6.45, 7) is 5.69. The van der Waals surface area contributed by atoms with Crippen molar-refractivity contribution in [3.8, 4) is 0 Å². The van der Waals surface area contributed by atoms with Gasteiger partial charge in [0.1, 0.15) is 6.04 Å². The summed E-state index contributed by atoms with van der Waals surface area (Å²) in [5.41, 5.74) is 2.12. The molecule has 0 fully saturated rings. The van der Waals surface area contributed by atoms with Crippen molar-refractivity contribution >= 4 is 45.0 Å². The Kier molecular flexibility index (Phi) is 6.62. The zero-order chi connectivity index (χ0) is 18.6. The van der Waals surface area contributed by atoms with E-state index in [-0.39, 0.29) is 17.7 Å². The number of halogens is 2. The maximum Gasteiger partial charge on any atom is 0.251 e. The van der Waals surface area contributed by atoms with E-state index in [0.29, 0.717) is 10.6 Å². The molecule has 0 aliphatic heterocycles. The molecule has 25 heavy (non-hydrogen) atoms. The van der Waals surface area contributed by atoms with Crippen molar-refractivity contribution in [2.24, 2.45) is 5.92 Å². The number of amides is 2. The summed E-state index contributed by atoms with van der Waals surface area (Å²) in [5, 5.41) is 6.24. The van der Waals surface area contributed by atoms with Crippen LogP contribution in [0.2, 0.25) is 5.02 Å². The number of anilines is 1. The Balaban J connectivity index is 2.12. The molecule has 2 aromatic carbocycles. The third-order valence-electron chi connectivity index (χ3n) is 3.79. The lowest BCUT2D eigenvalue weighted by Crippen LogP contribution is -2.47. The van der Waals surface area contributed by atoms with Crippen LogP contribution in [0.4, 0.5) is 5.69 Å². The monoisotopic (exact) mass is 422 g/mol. The van der Waals surface area contributed by atoms with E-state index in [9.17, 15) is 9.59 Å². The van der Waals surface area contributed by atoms with Crippen LogP contribution in [0.3, 0.4) is 0 Å². The summed E-state index contributed by atoms with van der Waals surface area (Å²) in [6.07, 6.45) is 0. The number of hydrogen-bond donors (Lipinski definition) is 2. The van der Waals surface area contributed by atoms with E-state index < -0.39 is 6.04 Å². The van der Waals surface area contributed by atoms with Crippen LogP contribution in [-0.2, 0) is 4.79 Å². The van der Waals surface area contributed by atoms with Gasteiger partial charge in [-0.25, -0.2) is 0 Å². The first-order chi connectivity index (χ1) is 11.8. The van der Waals surface area contributed by atoms with Gasteiger partial charge in [-0.2, -0.15) is 0 Å². The molecule has 0 bridgehead atoms. The van der Waals surface area contributed by atoms with Gasteiger partial charge >= 0.3 is 0 Å². The van der Waals surface area contributed by atoms with E-state index in [1.165, 1.54) is 0 Å². The van der Waals surface area contributed by atoms with Gasteiger partial charge in [0, 0.05) is 20.7 Å². The highest BCUT2D eigenvalue weighted by atomic mass is 79.9. The lowest BCUT2D eigenvalue weighted by molar-refractivity contribution is -0.118. The second-order valence-corrected chi connectivity index (χ2v) is 7.50. The standard InChI is InChI=1S/C19H20BrClN2O2/c1-11(2)17(23-18(24)13-4-7-15(21)8-5-13)19(25)22-16-9-6-14(20)10-12(16)3/h4-11,17H,1-3H3,(H,22,25)(H,23,24). The molecule has 2 amide bonds. The molecule has 0 spiro atoms. The first-order valence-electron chi connectivity index (χ1n) is 7.91. The first kappa shape index (κ1) is 19.5. The van der Waals surface area contributed by atoms with Crippen molar-refractivity contribution in [2.75, 3.05) is 5.32 Å². The Morgan fingerprint density at radius 1 is 1.08 bits per heavy atom. The average Bonchev–Trinajstić information content (AvgIpc) is 2.55. The second kappa shape index (κ2) is 8.50. The zero-order valence-corrected chi connectivity index (χ0v) is 16.6. The van der Waals surface area contributed by atoms with Gasteiger partial charge in [-0.15, -0.1) is 0 Å². The van der Waals surface area contributed by atoms with Gasteiger partial charge in [-0.05, 0) is 60.9 Å². The Hall–Kier alpha value is -1.85. The molecular weight excluding hydrogens is 404 g/mol. The van der Waals surface area contributed by atoms with Crippen molar-refractivity contribution in [1.82, 2.24) is 5.32 Å². The molecular formula is C19H20BrClN2O2. The van der Waals surface area contributed by atoms with Gasteiger partial charge < -0.3 is 10.6 Å². The molecule has 0 aromatic heterocycles. The molecule has 0 heterocycles. The van der Waals surface area contributed by atoms with Gasteiger partial charge in [0.15, 0.2) is 0 Å². The lowest BCUT2D eigenvalue weighted by Gasteiger charge is -2.22. The van der Waals surface area contributed by atoms with E-state index in [2.05, 4.69) is 26.6 Å². The second-order valence-electron chi connectivity index (χ2n) is 6.15. The van der Waals surface area contributed by atoms with Crippen LogP contribution in [0.25, 0.3) is 0 Å². The highest BCUT2D eigenvalue weighted by Gasteiger charge is 2.25. The number of nitrogens with one attached hydrogen (secondary N) is 2. The minimum Gasteiger partial charge on any atom is -0.340 e. The number of carbonyl (C=O) groups excluding carboxylic acids is 2. The van der Waals surface area contributed by atoms with Crippen LogP contribution in [0.5, 0.6) is 0 Å². The van der Waals surface area contributed by atoms with Crippen LogP contribution in [0, 0.1) is 12.8 Å². The Morgan fingerprint density at radius 2 is 1.72 bits per heavy atom. The predicted molar refractivity (Wildman–Crippen MR) is 105 cm³/mol. The van der Waals surface area contributed by atoms with Crippen LogP contribution in [0.15, 0.2) is 46.9 Å². The van der Waals surface area contributed by atoms with E-state index in [1.807, 2.05) is 39.0 Å². The summed E-state index contributed by atoms with van der Waals surface area (Å²) < 4.78 is 0.944. The average molecular weight is 424 g/mol. The van der Waals surface area contributed by atoms with Crippen LogP contribution in [0.1, 0.15) is 29.8 Å². The summed E-state index contributed by atoms with van der Waals surface area (Å²) in [7, 11) is 0. The van der Waals surface area contributed by atoms with E-state index >= 15 is 0 Å². The molecule has 1 unspecified atom stereocenters. The highest BCUT2D eigenvalue weighted by molar-refractivity contribution is 9.10. The van der Waals surface area contributed by atoms with E-state index in [0.717, 1.165) is 15.7 Å². The fourth-order valence-electron chi connectivity index (χ4n) is 2.34. The van der Waals surface area contributed by atoms with Gasteiger partial charge in [0.25, 0.3) is 5.91 Å². The number of hydrogen-bond acceptors (Lipinski definition) is 2. The molecule has 2 aromatic rings. The molecule has 0 aliphatic rings. The summed E-state index contributed by atoms with van der Waals surface area (Å²) in [4.78, 5) is 25.1. The molecule has 0 radical (unpaired) electrons. The number of benzene rings is 2. The SMILES string of the molecule is Cc1cc(Br)ccc1NC(=O)C(NC(=O)c1ccc(Cl)cc1)C(C)C. The van der Waals surface area contributed by atoms with Gasteiger partial charge in [-0.3, -0.25) is 9.59 Å². The third-order valence-corrected chi connectivity index (χ3v) is 4.53. The predicted octanol–water partition coefficient (Wildman–Crippen LogP) is 4.80. The molecule has 0 saturated heterocycles. The highest BCUT2D eigenvalue weighted by Crippen LogP contribution is 2.21. The number of rotatable bonds is 5. The van der Waals surface area contributed by atoms with Crippen LogP contribution in [-0.4, -0.2) is 17.9 Å². The van der Waals surface area contributed by atoms with Gasteiger partial charge in [-0.1, -0.05) is 41.4 Å². The van der Waals surface area contributed by atoms with E-state index in [1.54, 1.807) is 24.3 Å². The smallest absolute Gasteiger partial charge is 0.251 e. The number of aryl methyl sites for hydroxylation is 1. The van der Waals surface area contributed by atoms with Crippen molar-refractivity contribution < 1.29 is 9.59 Å². The first-order valence-corrected chi connectivity index (χ1v) is 9.08. The minimum absolute atomic E-state index is 0.0630. The topological polar surface area (TPSA) is 58.2 Å². The Bertz CT molecular complexity index is 775. The van der Waals surface area contributed by atoms with Gasteiger partial charge in [0.05, 0.1) is 0 Å². The molecule has 0 aliphatic carbocycles. The molecule has 132 valence electrons. The normalized spacial score (nSPS) is 11.9. The molecule has 2 rings (SSSR count). The molecule has 4 nitrogen and oxygen atoms in total. The van der Waals surface area contributed by atoms with Crippen LogP contribution < -0.4 is 10.6 Å². The van der Waals surface area contributed by atoms with Crippen LogP contribution >= 0.6 is 27.5 Å². The van der Waals surface area contributed by atoms with Crippen molar-refractivity contribution in [1.29, 1.82) is 0 Å². The quantitative estimate of drug-likeness (QED) is 0.725. The molecule has 1 atom stereocenters. The maximum atomic E-state index is 12.7. The zero-order valence-electron chi connectivity index (χ0n) is 14.3. The van der Waals surface area contributed by atoms with Crippen molar-refractivity contribution in [3.05, 3.63) is 63.1 Å². The molecule has 6 heteroatoms. The Morgan fingerprint density at radius 3 is 2.28 bits per heavy atom. The minimum atomic E-state index is -0.647. The largest absolute Gasteiger partial charge is 0.340 e. The summed E-state index contributed by atoms with van der Waals surface area (Å²) >= 11 is 9.24. The summed E-state index contributed by atoms with van der Waals surface area (Å²) in [6, 6.07) is 11.5. The fourth-order valence-corrected chi connectivity index (χ4v) is 2.94. The Labute approximate surface area is 161 Å². The molecule has 0 saturated carbocycles. The molecule has 2 N–H and O–H groups in total. The van der Waals surface area contributed by atoms with Gasteiger partial charge in [0.2, 0.25) is 5.91 Å². The lowest BCUT2D eigenvalue weighted by atomic mass is 10.0. The van der Waals surface area contributed by atoms with Crippen molar-refractivity contribution in [3.63, 3.8) is 0 Å². The fraction of sp³-hybridized carbons (Fsp3) is 0.263. The summed E-state index contributed by atoms with van der Waals surface area (Å²) in [5.74, 6) is -0.618. The maximum absolute atomic E-state index is 12.7. The van der Waals surface area contributed by atoms with E-state index in [4.69, 9.17) is 11.6 Å². The third kappa shape index (κ3) is 5.31. The van der Waals surface area contributed by atoms with Crippen molar-refractivity contribution in [2.45, 2.75) is 26.8 Å². The number of carbonyl (C=O) groups is 2.